The van der Waals surface area contributed by atoms with Crippen LogP contribution in [-0.4, -0.2) is 135 Å². The Morgan fingerprint density at radius 1 is 0.589 bits per heavy atom. The van der Waals surface area contributed by atoms with Crippen molar-refractivity contribution in [2.45, 2.75) is 165 Å². The van der Waals surface area contributed by atoms with Gasteiger partial charge in [0.1, 0.15) is 19.3 Å². The predicted molar refractivity (Wildman–Crippen MR) is 278 cm³/mol. The Bertz CT molecular complexity index is 1760. The zero-order valence-electron chi connectivity index (χ0n) is 42.5. The van der Waals surface area contributed by atoms with Gasteiger partial charge in [-0.1, -0.05) is 113 Å². The molecule has 0 spiro atoms. The molecular formula is C51H82Cl2N4O15S. The van der Waals surface area contributed by atoms with Crippen molar-refractivity contribution in [2.75, 3.05) is 72.5 Å². The molecule has 0 aliphatic heterocycles. The summed E-state index contributed by atoms with van der Waals surface area (Å²) < 4.78 is 35.8. The first-order valence-electron chi connectivity index (χ1n) is 26.2. The Kier molecular flexibility index (Phi) is 38.0. The minimum absolute atomic E-state index is 0.0285. The molecule has 0 unspecified atom stereocenters. The number of aliphatic carboxylic acids is 2. The van der Waals surface area contributed by atoms with E-state index in [-0.39, 0.29) is 141 Å². The number of hydrogen-bond acceptors (Lipinski definition) is 14. The fourth-order valence-electron chi connectivity index (χ4n) is 8.11. The molecule has 4 amide bonds. The van der Waals surface area contributed by atoms with Crippen molar-refractivity contribution in [1.82, 2.24) is 21.3 Å². The highest BCUT2D eigenvalue weighted by atomic mass is 35.5. The van der Waals surface area contributed by atoms with Gasteiger partial charge in [-0.25, -0.2) is 9.59 Å². The van der Waals surface area contributed by atoms with Crippen molar-refractivity contribution < 1.29 is 72.0 Å². The molecule has 73 heavy (non-hydrogen) atoms. The van der Waals surface area contributed by atoms with Crippen LogP contribution in [-0.2, 0) is 52.5 Å². The van der Waals surface area contributed by atoms with Crippen LogP contribution in [0.4, 0.5) is 0 Å². The summed E-state index contributed by atoms with van der Waals surface area (Å²) in [5.41, 5.74) is 0. The van der Waals surface area contributed by atoms with Crippen molar-refractivity contribution in [3.05, 3.63) is 22.2 Å². The number of rotatable bonds is 45. The van der Waals surface area contributed by atoms with E-state index in [0.29, 0.717) is 37.8 Å². The third kappa shape index (κ3) is 34.4. The van der Waals surface area contributed by atoms with Gasteiger partial charge in [-0.2, -0.15) is 0 Å². The Morgan fingerprint density at radius 2 is 1.08 bits per heavy atom. The molecule has 1 aliphatic rings. The minimum Gasteiger partial charge on any atom is -0.481 e. The number of hydrogen-bond donors (Lipinski definition) is 7. The van der Waals surface area contributed by atoms with Crippen molar-refractivity contribution in [1.29, 1.82) is 0 Å². The second-order valence-electron chi connectivity index (χ2n) is 18.3. The number of carboxylic acid groups (broad SMARTS) is 2. The van der Waals surface area contributed by atoms with Crippen molar-refractivity contribution in [2.24, 2.45) is 11.8 Å². The van der Waals surface area contributed by atoms with Crippen LogP contribution in [0.2, 0.25) is 10.0 Å². The van der Waals surface area contributed by atoms with Gasteiger partial charge >= 0.3 is 17.9 Å². The first-order valence-corrected chi connectivity index (χ1v) is 27.7. The largest absolute Gasteiger partial charge is 0.481 e. The standard InChI is InChI=1S/C51H82Cl2N4O15S/c52-40-33-41(53)49(43(34-40)73-67)72-48(63)37-71-32-30-69-28-26-55-46(60)36-70-31-29-68-27-25-54-45(59)24-23-42(51(65)66)57-50(64)39-21-19-38(20-22-39)35-56-44(58)17-15-13-11-9-7-5-3-1-2-4-6-8-10-12-14-16-18-47(61)62/h33-34,38-39,42,67H,1-32,35-37H2,(H,54,59)(H,55,60)(H,56,58)(H,57,64)(H,61,62)(H,65,66)/t38?,39?,42-/m0/s1. The number of carbonyl (C=O) groups excluding carboxylic acids is 5. The Hall–Kier alpha value is -3.76. The van der Waals surface area contributed by atoms with Gasteiger partial charge in [-0.3, -0.25) is 24.0 Å². The number of esters is 1. The molecule has 1 aromatic rings. The second kappa shape index (κ2) is 42.5. The molecule has 2 rings (SSSR count). The molecule has 1 saturated carbocycles. The smallest absolute Gasteiger partial charge is 0.337 e. The first-order chi connectivity index (χ1) is 35.3. The number of halogens is 2. The Morgan fingerprint density at radius 3 is 1.62 bits per heavy atom. The summed E-state index contributed by atoms with van der Waals surface area (Å²) in [5, 5.41) is 29.7. The van der Waals surface area contributed by atoms with E-state index < -0.39 is 23.9 Å². The molecule has 0 aromatic heterocycles. The molecule has 1 fully saturated rings. The van der Waals surface area contributed by atoms with Gasteiger partial charge in [0.15, 0.2) is 5.75 Å². The number of carboxylic acids is 2. The zero-order valence-corrected chi connectivity index (χ0v) is 44.9. The van der Waals surface area contributed by atoms with E-state index >= 15 is 0 Å². The summed E-state index contributed by atoms with van der Waals surface area (Å²) in [6, 6.07) is 1.57. The highest BCUT2D eigenvalue weighted by Crippen LogP contribution is 2.37. The molecule has 0 bridgehead atoms. The molecule has 416 valence electrons. The van der Waals surface area contributed by atoms with Crippen molar-refractivity contribution in [3.8, 4) is 5.75 Å². The van der Waals surface area contributed by atoms with E-state index in [1.165, 1.54) is 76.3 Å². The SMILES string of the molecule is O=C(O)CCCCCCCCCCCCCCCCCCC(=O)NCC1CCC(C(=O)N[C@@H](CCC(=O)NCCOCCOCC(=O)NCCOCCOCC(=O)Oc2c(Cl)cc(Cl)cc2SO)C(=O)O)CC1. The van der Waals surface area contributed by atoms with Crippen LogP contribution in [0.1, 0.15) is 154 Å². The fraction of sp³-hybridized carbons (Fsp3) is 0.745. The number of amides is 4. The molecule has 1 aromatic carbocycles. The van der Waals surface area contributed by atoms with Crippen LogP contribution in [0.5, 0.6) is 5.75 Å². The molecule has 1 atom stereocenters. The van der Waals surface area contributed by atoms with Crippen LogP contribution in [0.3, 0.4) is 0 Å². The van der Waals surface area contributed by atoms with Crippen LogP contribution >= 0.6 is 35.2 Å². The van der Waals surface area contributed by atoms with E-state index in [2.05, 4.69) is 21.3 Å². The summed E-state index contributed by atoms with van der Waals surface area (Å²) >= 11 is 12.2. The van der Waals surface area contributed by atoms with Crippen LogP contribution < -0.4 is 26.0 Å². The third-order valence-corrected chi connectivity index (χ3v) is 13.2. The van der Waals surface area contributed by atoms with Crippen LogP contribution in [0.25, 0.3) is 0 Å². The maximum absolute atomic E-state index is 13.0. The quantitative estimate of drug-likeness (QED) is 0.0140. The van der Waals surface area contributed by atoms with E-state index in [4.69, 9.17) is 52.0 Å². The number of ether oxygens (including phenoxy) is 5. The van der Waals surface area contributed by atoms with Gasteiger partial charge in [-0.15, -0.1) is 0 Å². The van der Waals surface area contributed by atoms with E-state index in [0.717, 1.165) is 51.4 Å². The minimum atomic E-state index is -1.21. The number of benzene rings is 1. The van der Waals surface area contributed by atoms with E-state index in [1.807, 2.05) is 0 Å². The van der Waals surface area contributed by atoms with Crippen molar-refractivity contribution >= 4 is 76.8 Å². The fourth-order valence-corrected chi connectivity index (χ4v) is 9.17. The highest BCUT2D eigenvalue weighted by molar-refractivity contribution is 7.93. The average Bonchev–Trinajstić information content (AvgIpc) is 3.36. The predicted octanol–water partition coefficient (Wildman–Crippen LogP) is 8.14. The molecule has 22 heteroatoms. The highest BCUT2D eigenvalue weighted by Gasteiger charge is 2.30. The summed E-state index contributed by atoms with van der Waals surface area (Å²) in [7, 11) is 0. The summed E-state index contributed by atoms with van der Waals surface area (Å²) in [6.45, 7) is 1.29. The van der Waals surface area contributed by atoms with Gasteiger partial charge in [0, 0.05) is 61.9 Å². The summed E-state index contributed by atoms with van der Waals surface area (Å²) in [4.78, 5) is 84.5. The maximum Gasteiger partial charge on any atom is 0.337 e. The second-order valence-corrected chi connectivity index (χ2v) is 19.8. The Labute approximate surface area is 445 Å². The molecule has 19 nitrogen and oxygen atoms in total. The van der Waals surface area contributed by atoms with Gasteiger partial charge in [-0.05, 0) is 63.0 Å². The lowest BCUT2D eigenvalue weighted by molar-refractivity contribution is -0.143. The Balaban J connectivity index is 1.38. The molecule has 0 heterocycles. The monoisotopic (exact) mass is 1090 g/mol. The molecule has 0 radical (unpaired) electrons. The van der Waals surface area contributed by atoms with Gasteiger partial charge in [0.25, 0.3) is 0 Å². The number of nitrogens with one attached hydrogen (secondary N) is 4. The third-order valence-electron chi connectivity index (χ3n) is 12.2. The molecular weight excluding hydrogens is 1010 g/mol. The van der Waals surface area contributed by atoms with Crippen LogP contribution in [0.15, 0.2) is 17.0 Å². The number of carbonyl (C=O) groups is 7. The van der Waals surface area contributed by atoms with Crippen molar-refractivity contribution in [3.63, 3.8) is 0 Å². The maximum atomic E-state index is 13.0. The summed E-state index contributed by atoms with van der Waals surface area (Å²) in [6.07, 6.45) is 22.0. The molecule has 1 aliphatic carbocycles. The van der Waals surface area contributed by atoms with Gasteiger partial charge < -0.3 is 59.7 Å². The summed E-state index contributed by atoms with van der Waals surface area (Å²) in [5.74, 6) is -3.72. The first kappa shape index (κ1) is 65.4. The van der Waals surface area contributed by atoms with Gasteiger partial charge in [0.05, 0.1) is 49.6 Å². The lowest BCUT2D eigenvalue weighted by atomic mass is 9.81. The molecule has 7 N–H and O–H groups in total. The number of unbranched alkanes of at least 4 members (excludes halogenated alkanes) is 15. The van der Waals surface area contributed by atoms with E-state index in [1.54, 1.807) is 0 Å². The lowest BCUT2D eigenvalue weighted by Crippen LogP contribution is -2.45. The zero-order chi connectivity index (χ0) is 53.3. The van der Waals surface area contributed by atoms with E-state index in [9.17, 15) is 43.2 Å². The van der Waals surface area contributed by atoms with Gasteiger partial charge in [0.2, 0.25) is 23.6 Å². The topological polar surface area (TPSA) is 274 Å². The lowest BCUT2D eigenvalue weighted by Gasteiger charge is -2.28. The molecule has 0 saturated heterocycles. The van der Waals surface area contributed by atoms with Crippen LogP contribution in [0, 0.1) is 11.8 Å². The normalized spacial score (nSPS) is 14.8. The average molecular weight is 1090 g/mol.